The molecule has 20 heavy (non-hydrogen) atoms. The number of rotatable bonds is 5. The average molecular weight is 312 g/mol. The molecule has 0 fully saturated rings. The molecule has 0 saturated carbocycles. The number of thiophene rings is 1. The van der Waals surface area contributed by atoms with E-state index in [1.807, 2.05) is 12.1 Å². The minimum absolute atomic E-state index is 0.256. The van der Waals surface area contributed by atoms with Crippen LogP contribution in [0.2, 0.25) is 0 Å². The zero-order valence-electron chi connectivity index (χ0n) is 11.2. The molecule has 7 heteroatoms. The number of nitrogens with zero attached hydrogens (tertiary/aromatic N) is 1. The predicted molar refractivity (Wildman–Crippen MR) is 80.4 cm³/mol. The summed E-state index contributed by atoms with van der Waals surface area (Å²) in [6, 6.07) is 8.77. The van der Waals surface area contributed by atoms with Crippen molar-refractivity contribution in [3.63, 3.8) is 0 Å². The first-order valence-corrected chi connectivity index (χ1v) is 8.19. The van der Waals surface area contributed by atoms with Gasteiger partial charge in [0.15, 0.2) is 0 Å². The summed E-state index contributed by atoms with van der Waals surface area (Å²) < 4.78 is 31.3. The monoisotopic (exact) mass is 312 g/mol. The van der Waals surface area contributed by atoms with Crippen molar-refractivity contribution in [3.8, 4) is 5.75 Å². The first-order chi connectivity index (χ1) is 9.43. The third-order valence-electron chi connectivity index (χ3n) is 2.82. The van der Waals surface area contributed by atoms with Crippen molar-refractivity contribution in [3.05, 3.63) is 41.3 Å². The van der Waals surface area contributed by atoms with Crippen LogP contribution in [-0.2, 0) is 16.6 Å². The number of methoxy groups -OCH3 is 1. The van der Waals surface area contributed by atoms with Gasteiger partial charge in [-0.05, 0) is 23.8 Å². The normalized spacial score (nSPS) is 11.8. The summed E-state index contributed by atoms with van der Waals surface area (Å²) >= 11 is 1.13. The molecule has 0 aliphatic rings. The highest BCUT2D eigenvalue weighted by molar-refractivity contribution is 7.91. The third kappa shape index (κ3) is 3.12. The van der Waals surface area contributed by atoms with Crippen LogP contribution in [0.1, 0.15) is 5.56 Å². The van der Waals surface area contributed by atoms with Gasteiger partial charge in [-0.15, -0.1) is 11.3 Å². The molecule has 0 unspecified atom stereocenters. The van der Waals surface area contributed by atoms with E-state index in [1.165, 1.54) is 10.4 Å². The van der Waals surface area contributed by atoms with Crippen molar-refractivity contribution in [2.75, 3.05) is 19.9 Å². The number of hydrogen-bond acceptors (Lipinski definition) is 5. The fraction of sp³-hybridized carbons (Fsp3) is 0.231. The van der Waals surface area contributed by atoms with Gasteiger partial charge in [0.25, 0.3) is 10.0 Å². The molecule has 0 spiro atoms. The summed E-state index contributed by atoms with van der Waals surface area (Å²) in [5.74, 6) is 0.741. The molecule has 0 bridgehead atoms. The van der Waals surface area contributed by atoms with E-state index in [0.29, 0.717) is 12.2 Å². The van der Waals surface area contributed by atoms with E-state index in [9.17, 15) is 8.42 Å². The molecule has 1 aromatic heterocycles. The van der Waals surface area contributed by atoms with Crippen molar-refractivity contribution in [2.45, 2.75) is 10.8 Å². The molecule has 0 aliphatic heterocycles. The van der Waals surface area contributed by atoms with Gasteiger partial charge >= 0.3 is 0 Å². The summed E-state index contributed by atoms with van der Waals surface area (Å²) in [6.07, 6.45) is 0. The maximum Gasteiger partial charge on any atom is 0.252 e. The van der Waals surface area contributed by atoms with Crippen LogP contribution in [0.5, 0.6) is 5.75 Å². The standard InChI is InChI=1S/C13H16N2O3S2/c1-15(8-10-3-5-12(18-2)6-4-10)20(16,17)13-7-11(14)9-19-13/h3-7,9H,8,14H2,1-2H3. The van der Waals surface area contributed by atoms with Crippen molar-refractivity contribution in [1.82, 2.24) is 4.31 Å². The second-order valence-electron chi connectivity index (χ2n) is 4.31. The minimum atomic E-state index is -3.49. The van der Waals surface area contributed by atoms with Gasteiger partial charge in [0.05, 0.1) is 7.11 Å². The van der Waals surface area contributed by atoms with E-state index in [-0.39, 0.29) is 4.21 Å². The molecule has 2 rings (SSSR count). The zero-order valence-corrected chi connectivity index (χ0v) is 12.9. The van der Waals surface area contributed by atoms with Crippen LogP contribution < -0.4 is 10.5 Å². The lowest BCUT2D eigenvalue weighted by Crippen LogP contribution is -2.25. The number of hydrogen-bond donors (Lipinski definition) is 1. The molecule has 0 aliphatic carbocycles. The highest BCUT2D eigenvalue weighted by Gasteiger charge is 2.22. The molecule has 2 N–H and O–H groups in total. The van der Waals surface area contributed by atoms with E-state index in [2.05, 4.69) is 0 Å². The zero-order chi connectivity index (χ0) is 14.8. The molecular weight excluding hydrogens is 296 g/mol. The van der Waals surface area contributed by atoms with Gasteiger partial charge in [0, 0.05) is 24.7 Å². The van der Waals surface area contributed by atoms with Crippen molar-refractivity contribution >= 4 is 27.0 Å². The minimum Gasteiger partial charge on any atom is -0.497 e. The van der Waals surface area contributed by atoms with E-state index in [0.717, 1.165) is 22.6 Å². The van der Waals surface area contributed by atoms with Crippen LogP contribution in [0.3, 0.4) is 0 Å². The fourth-order valence-corrected chi connectivity index (χ4v) is 4.14. The number of nitrogen functional groups attached to an aromatic ring is 1. The lowest BCUT2D eigenvalue weighted by molar-refractivity contribution is 0.414. The Labute approximate surface area is 122 Å². The Bertz CT molecular complexity index is 678. The molecule has 0 saturated heterocycles. The Morgan fingerprint density at radius 1 is 1.30 bits per heavy atom. The molecule has 5 nitrogen and oxygen atoms in total. The lowest BCUT2D eigenvalue weighted by Gasteiger charge is -2.16. The summed E-state index contributed by atoms with van der Waals surface area (Å²) in [6.45, 7) is 0.296. The molecule has 108 valence electrons. The predicted octanol–water partition coefficient (Wildman–Crippen LogP) is 2.16. The summed E-state index contributed by atoms with van der Waals surface area (Å²) in [4.78, 5) is 0. The van der Waals surface area contributed by atoms with Crippen LogP contribution in [0.25, 0.3) is 0 Å². The Kier molecular flexibility index (Phi) is 4.32. The molecule has 0 amide bonds. The van der Waals surface area contributed by atoms with Gasteiger partial charge in [-0.3, -0.25) is 0 Å². The van der Waals surface area contributed by atoms with Crippen LogP contribution in [0.15, 0.2) is 39.9 Å². The first kappa shape index (κ1) is 14.8. The highest BCUT2D eigenvalue weighted by atomic mass is 32.2. The van der Waals surface area contributed by atoms with Crippen molar-refractivity contribution in [1.29, 1.82) is 0 Å². The fourth-order valence-electron chi connectivity index (χ4n) is 1.69. The molecular formula is C13H16N2O3S2. The molecule has 0 radical (unpaired) electrons. The first-order valence-electron chi connectivity index (χ1n) is 5.87. The summed E-state index contributed by atoms with van der Waals surface area (Å²) in [7, 11) is -0.350. The van der Waals surface area contributed by atoms with Gasteiger partial charge in [-0.1, -0.05) is 12.1 Å². The van der Waals surface area contributed by atoms with Gasteiger partial charge in [0.2, 0.25) is 0 Å². The van der Waals surface area contributed by atoms with E-state index < -0.39 is 10.0 Å². The second-order valence-corrected chi connectivity index (χ2v) is 7.49. The topological polar surface area (TPSA) is 72.6 Å². The molecule has 1 heterocycles. The highest BCUT2D eigenvalue weighted by Crippen LogP contribution is 2.25. The Hall–Kier alpha value is -1.57. The number of benzene rings is 1. The molecule has 0 atom stereocenters. The average Bonchev–Trinajstić information content (AvgIpc) is 2.87. The van der Waals surface area contributed by atoms with Crippen LogP contribution in [0.4, 0.5) is 5.69 Å². The van der Waals surface area contributed by atoms with Gasteiger partial charge in [-0.2, -0.15) is 4.31 Å². The Morgan fingerprint density at radius 3 is 2.45 bits per heavy atom. The van der Waals surface area contributed by atoms with Crippen LogP contribution >= 0.6 is 11.3 Å². The third-order valence-corrected chi connectivity index (χ3v) is 6.06. The number of nitrogens with two attached hydrogens (primary N) is 1. The molecule has 2 aromatic rings. The Morgan fingerprint density at radius 2 is 1.95 bits per heavy atom. The van der Waals surface area contributed by atoms with Crippen molar-refractivity contribution in [2.24, 2.45) is 0 Å². The van der Waals surface area contributed by atoms with Gasteiger partial charge < -0.3 is 10.5 Å². The Balaban J connectivity index is 2.16. The van der Waals surface area contributed by atoms with E-state index in [1.54, 1.807) is 31.7 Å². The van der Waals surface area contributed by atoms with Gasteiger partial charge in [0.1, 0.15) is 9.96 Å². The number of sulfonamides is 1. The second kappa shape index (κ2) is 5.82. The lowest BCUT2D eigenvalue weighted by atomic mass is 10.2. The summed E-state index contributed by atoms with van der Waals surface area (Å²) in [5, 5.41) is 1.62. The van der Waals surface area contributed by atoms with Crippen LogP contribution in [-0.4, -0.2) is 26.9 Å². The number of anilines is 1. The van der Waals surface area contributed by atoms with Crippen LogP contribution in [0, 0.1) is 0 Å². The maximum atomic E-state index is 12.3. The number of ether oxygens (including phenoxy) is 1. The smallest absolute Gasteiger partial charge is 0.252 e. The maximum absolute atomic E-state index is 12.3. The van der Waals surface area contributed by atoms with E-state index in [4.69, 9.17) is 10.5 Å². The SMILES string of the molecule is COc1ccc(CN(C)S(=O)(=O)c2cc(N)cs2)cc1. The quantitative estimate of drug-likeness (QED) is 0.918. The van der Waals surface area contributed by atoms with Gasteiger partial charge in [-0.25, -0.2) is 8.42 Å². The largest absolute Gasteiger partial charge is 0.497 e. The summed E-state index contributed by atoms with van der Waals surface area (Å²) in [5.41, 5.74) is 6.93. The van der Waals surface area contributed by atoms with Crippen molar-refractivity contribution < 1.29 is 13.2 Å². The molecule has 1 aromatic carbocycles. The van der Waals surface area contributed by atoms with E-state index >= 15 is 0 Å².